The van der Waals surface area contributed by atoms with Gasteiger partial charge in [0.25, 0.3) is 11.6 Å². The SMILES string of the molecule is COc1ccccc1NC(=O)[C@@H](C)OC(=O)c1cc([N+](=O)[O-])ccc1OC. The molecule has 0 fully saturated rings. The van der Waals surface area contributed by atoms with Crippen LogP contribution in [0.1, 0.15) is 17.3 Å². The van der Waals surface area contributed by atoms with Crippen LogP contribution in [0.15, 0.2) is 42.5 Å². The zero-order chi connectivity index (χ0) is 20.0. The Labute approximate surface area is 155 Å². The van der Waals surface area contributed by atoms with Crippen LogP contribution in [0.25, 0.3) is 0 Å². The Hall–Kier alpha value is -3.62. The molecule has 0 bridgehead atoms. The Morgan fingerprint density at radius 1 is 1.07 bits per heavy atom. The van der Waals surface area contributed by atoms with Gasteiger partial charge in [-0.05, 0) is 25.1 Å². The van der Waals surface area contributed by atoms with Crippen molar-refractivity contribution in [1.29, 1.82) is 0 Å². The standard InChI is InChI=1S/C18H18N2O7/c1-11(17(21)19-14-6-4-5-7-16(14)26-3)27-18(22)13-10-12(20(23)24)8-9-15(13)25-2/h4-11H,1-3H3,(H,19,21)/t11-/m1/s1. The van der Waals surface area contributed by atoms with Gasteiger partial charge in [-0.1, -0.05) is 12.1 Å². The molecule has 142 valence electrons. The summed E-state index contributed by atoms with van der Waals surface area (Å²) in [4.78, 5) is 34.9. The minimum atomic E-state index is -1.16. The lowest BCUT2D eigenvalue weighted by atomic mass is 10.1. The largest absolute Gasteiger partial charge is 0.496 e. The predicted molar refractivity (Wildman–Crippen MR) is 96.1 cm³/mol. The molecule has 1 amide bonds. The van der Waals surface area contributed by atoms with Crippen molar-refractivity contribution in [2.45, 2.75) is 13.0 Å². The molecular formula is C18H18N2O7. The molecule has 0 aliphatic heterocycles. The Bertz CT molecular complexity index is 867. The lowest BCUT2D eigenvalue weighted by molar-refractivity contribution is -0.384. The first-order valence-electron chi connectivity index (χ1n) is 7.84. The lowest BCUT2D eigenvalue weighted by Gasteiger charge is -2.16. The summed E-state index contributed by atoms with van der Waals surface area (Å²) < 4.78 is 15.3. The third-order valence-corrected chi connectivity index (χ3v) is 3.63. The number of non-ortho nitro benzene ring substituents is 1. The number of nitrogens with zero attached hydrogens (tertiary/aromatic N) is 1. The normalized spacial score (nSPS) is 11.2. The first-order valence-corrected chi connectivity index (χ1v) is 7.84. The Morgan fingerprint density at radius 3 is 2.37 bits per heavy atom. The first-order chi connectivity index (χ1) is 12.9. The molecule has 0 heterocycles. The summed E-state index contributed by atoms with van der Waals surface area (Å²) in [6, 6.07) is 10.3. The van der Waals surface area contributed by atoms with Gasteiger partial charge in [0.2, 0.25) is 0 Å². The highest BCUT2D eigenvalue weighted by molar-refractivity contribution is 5.99. The molecule has 1 atom stereocenters. The lowest BCUT2D eigenvalue weighted by Crippen LogP contribution is -2.30. The van der Waals surface area contributed by atoms with Gasteiger partial charge in [0.1, 0.15) is 17.1 Å². The number of hydrogen-bond acceptors (Lipinski definition) is 7. The van der Waals surface area contributed by atoms with Gasteiger partial charge in [0.05, 0.1) is 24.8 Å². The van der Waals surface area contributed by atoms with E-state index >= 15 is 0 Å². The fourth-order valence-electron chi connectivity index (χ4n) is 2.23. The van der Waals surface area contributed by atoms with Crippen molar-refractivity contribution < 1.29 is 28.7 Å². The summed E-state index contributed by atoms with van der Waals surface area (Å²) >= 11 is 0. The molecule has 1 N–H and O–H groups in total. The van der Waals surface area contributed by atoms with Crippen molar-refractivity contribution in [3.8, 4) is 11.5 Å². The van der Waals surface area contributed by atoms with Crippen molar-refractivity contribution in [1.82, 2.24) is 0 Å². The van der Waals surface area contributed by atoms with E-state index < -0.39 is 22.9 Å². The summed E-state index contributed by atoms with van der Waals surface area (Å²) in [6.45, 7) is 1.38. The second-order valence-corrected chi connectivity index (χ2v) is 5.38. The quantitative estimate of drug-likeness (QED) is 0.450. The van der Waals surface area contributed by atoms with Crippen LogP contribution in [-0.4, -0.2) is 37.1 Å². The van der Waals surface area contributed by atoms with Crippen molar-refractivity contribution in [2.24, 2.45) is 0 Å². The summed E-state index contributed by atoms with van der Waals surface area (Å²) in [7, 11) is 2.78. The molecule has 9 nitrogen and oxygen atoms in total. The number of methoxy groups -OCH3 is 2. The molecule has 0 spiro atoms. The predicted octanol–water partition coefficient (Wildman–Crippen LogP) is 2.80. The Morgan fingerprint density at radius 2 is 1.74 bits per heavy atom. The van der Waals surface area contributed by atoms with E-state index in [-0.39, 0.29) is 17.0 Å². The molecule has 0 unspecified atom stereocenters. The number of nitro groups is 1. The number of carbonyl (C=O) groups excluding carboxylic acids is 2. The van der Waals surface area contributed by atoms with Crippen LogP contribution in [0, 0.1) is 10.1 Å². The molecule has 27 heavy (non-hydrogen) atoms. The molecule has 2 rings (SSSR count). The Kier molecular flexibility index (Phi) is 6.32. The molecule has 0 saturated carbocycles. The van der Waals surface area contributed by atoms with Crippen molar-refractivity contribution >= 4 is 23.3 Å². The van der Waals surface area contributed by atoms with E-state index in [9.17, 15) is 19.7 Å². The van der Waals surface area contributed by atoms with Gasteiger partial charge in [-0.25, -0.2) is 4.79 Å². The first kappa shape index (κ1) is 19.7. The maximum atomic E-state index is 12.4. The maximum absolute atomic E-state index is 12.4. The molecule has 2 aromatic carbocycles. The number of nitrogens with one attached hydrogen (secondary N) is 1. The van der Waals surface area contributed by atoms with Crippen LogP contribution in [0.2, 0.25) is 0 Å². The summed E-state index contributed by atoms with van der Waals surface area (Å²) in [5, 5.41) is 13.5. The Balaban J connectivity index is 2.14. The summed E-state index contributed by atoms with van der Waals surface area (Å²) in [5.41, 5.74) is -0.0293. The number of benzene rings is 2. The molecule has 0 aliphatic carbocycles. The van der Waals surface area contributed by atoms with E-state index in [1.54, 1.807) is 24.3 Å². The molecule has 9 heteroatoms. The number of amides is 1. The highest BCUT2D eigenvalue weighted by Gasteiger charge is 2.24. The van der Waals surface area contributed by atoms with Crippen LogP contribution in [-0.2, 0) is 9.53 Å². The number of rotatable bonds is 7. The van der Waals surface area contributed by atoms with Gasteiger partial charge >= 0.3 is 5.97 Å². The van der Waals surface area contributed by atoms with Crippen molar-refractivity contribution in [3.63, 3.8) is 0 Å². The second kappa shape index (κ2) is 8.65. The number of carbonyl (C=O) groups is 2. The summed E-state index contributed by atoms with van der Waals surface area (Å²) in [5.74, 6) is -0.955. The number of ether oxygens (including phenoxy) is 3. The van der Waals surface area contributed by atoms with E-state index in [4.69, 9.17) is 14.2 Å². The van der Waals surface area contributed by atoms with Gasteiger partial charge in [-0.15, -0.1) is 0 Å². The van der Waals surface area contributed by atoms with Crippen LogP contribution < -0.4 is 14.8 Å². The van der Waals surface area contributed by atoms with E-state index in [0.29, 0.717) is 11.4 Å². The monoisotopic (exact) mass is 374 g/mol. The van der Waals surface area contributed by atoms with Crippen molar-refractivity contribution in [2.75, 3.05) is 19.5 Å². The number of esters is 1. The zero-order valence-corrected chi connectivity index (χ0v) is 14.9. The fourth-order valence-corrected chi connectivity index (χ4v) is 2.23. The average Bonchev–Trinajstić information content (AvgIpc) is 2.67. The zero-order valence-electron chi connectivity index (χ0n) is 14.9. The minimum absolute atomic E-state index is 0.0999. The van der Waals surface area contributed by atoms with Crippen LogP contribution in [0.3, 0.4) is 0 Å². The average molecular weight is 374 g/mol. The van der Waals surface area contributed by atoms with Gasteiger partial charge in [-0.3, -0.25) is 14.9 Å². The van der Waals surface area contributed by atoms with E-state index in [1.807, 2.05) is 0 Å². The number of hydrogen-bond donors (Lipinski definition) is 1. The topological polar surface area (TPSA) is 117 Å². The van der Waals surface area contributed by atoms with E-state index in [2.05, 4.69) is 5.32 Å². The third kappa shape index (κ3) is 4.72. The number of para-hydroxylation sites is 2. The molecule has 0 aromatic heterocycles. The van der Waals surface area contributed by atoms with Crippen LogP contribution >= 0.6 is 0 Å². The minimum Gasteiger partial charge on any atom is -0.496 e. The second-order valence-electron chi connectivity index (χ2n) is 5.38. The molecular weight excluding hydrogens is 356 g/mol. The van der Waals surface area contributed by atoms with Crippen LogP contribution in [0.5, 0.6) is 11.5 Å². The molecule has 0 saturated heterocycles. The molecule has 0 aliphatic rings. The maximum Gasteiger partial charge on any atom is 0.342 e. The van der Waals surface area contributed by atoms with Gasteiger partial charge in [0.15, 0.2) is 6.10 Å². The van der Waals surface area contributed by atoms with Gasteiger partial charge in [-0.2, -0.15) is 0 Å². The number of anilines is 1. The van der Waals surface area contributed by atoms with E-state index in [0.717, 1.165) is 6.07 Å². The van der Waals surface area contributed by atoms with Gasteiger partial charge < -0.3 is 19.5 Å². The van der Waals surface area contributed by atoms with Crippen molar-refractivity contribution in [3.05, 3.63) is 58.1 Å². The number of nitro benzene ring substituents is 1. The van der Waals surface area contributed by atoms with E-state index in [1.165, 1.54) is 33.3 Å². The summed E-state index contributed by atoms with van der Waals surface area (Å²) in [6.07, 6.45) is -1.16. The third-order valence-electron chi connectivity index (χ3n) is 3.63. The highest BCUT2D eigenvalue weighted by Crippen LogP contribution is 2.26. The van der Waals surface area contributed by atoms with Gasteiger partial charge in [0, 0.05) is 12.1 Å². The smallest absolute Gasteiger partial charge is 0.342 e. The fraction of sp³-hybridized carbons (Fsp3) is 0.222. The molecule has 0 radical (unpaired) electrons. The highest BCUT2D eigenvalue weighted by atomic mass is 16.6. The molecule has 2 aromatic rings. The van der Waals surface area contributed by atoms with Crippen LogP contribution in [0.4, 0.5) is 11.4 Å².